The van der Waals surface area contributed by atoms with Gasteiger partial charge in [0.05, 0.1) is 17.1 Å². The number of amides is 2. The highest BCUT2D eigenvalue weighted by Crippen LogP contribution is 2.69. The first-order valence-corrected chi connectivity index (χ1v) is 22.6. The molecule has 3 saturated carbocycles. The summed E-state index contributed by atoms with van der Waals surface area (Å²) in [6, 6.07) is 7.48. The fourth-order valence-corrected chi connectivity index (χ4v) is 14.0. The van der Waals surface area contributed by atoms with E-state index in [1.807, 2.05) is 12.1 Å². The summed E-state index contributed by atoms with van der Waals surface area (Å²) in [4.78, 5) is 39.3. The molecule has 298 valence electrons. The fourth-order valence-electron chi connectivity index (χ4n) is 12.8. The van der Waals surface area contributed by atoms with Gasteiger partial charge in [0, 0.05) is 32.5 Å². The predicted octanol–water partition coefficient (Wildman–Crippen LogP) is 8.58. The van der Waals surface area contributed by atoms with Crippen LogP contribution in [0.15, 0.2) is 42.5 Å². The summed E-state index contributed by atoms with van der Waals surface area (Å²) in [5.41, 5.74) is 4.39. The fraction of sp³-hybridized carbons (Fsp3) is 0.711. The van der Waals surface area contributed by atoms with Crippen molar-refractivity contribution in [1.29, 1.82) is 0 Å². The molecule has 2 N–H and O–H groups in total. The van der Waals surface area contributed by atoms with E-state index >= 15 is 0 Å². The lowest BCUT2D eigenvalue weighted by molar-refractivity contribution is -0.133. The maximum Gasteiger partial charge on any atom is 0.335 e. The van der Waals surface area contributed by atoms with Crippen LogP contribution in [0.3, 0.4) is 0 Å². The van der Waals surface area contributed by atoms with Crippen molar-refractivity contribution in [3.63, 3.8) is 0 Å². The monoisotopic (exact) mass is 762 g/mol. The lowest BCUT2D eigenvalue weighted by atomic mass is 9.40. The Hall–Kier alpha value is -2.94. The van der Waals surface area contributed by atoms with Crippen LogP contribution in [0.4, 0.5) is 0 Å². The average Bonchev–Trinajstić information content (AvgIpc) is 3.48. The Kier molecular flexibility index (Phi) is 11.5. The van der Waals surface area contributed by atoms with Crippen LogP contribution in [0.1, 0.15) is 135 Å². The van der Waals surface area contributed by atoms with Crippen molar-refractivity contribution in [2.45, 2.75) is 119 Å². The summed E-state index contributed by atoms with van der Waals surface area (Å²) in [6.45, 7) is 20.3. The van der Waals surface area contributed by atoms with Gasteiger partial charge >= 0.3 is 5.97 Å². The largest absolute Gasteiger partial charge is 0.478 e. The predicted molar refractivity (Wildman–Crippen MR) is 215 cm³/mol. The minimum atomic E-state index is -3.07. The molecule has 0 aromatic heterocycles. The molecule has 8 atom stereocenters. The molecule has 6 rings (SSSR count). The van der Waals surface area contributed by atoms with Gasteiger partial charge in [-0.15, -0.1) is 0 Å². The second kappa shape index (κ2) is 15.2. The number of benzene rings is 1. The first-order valence-electron chi connectivity index (χ1n) is 20.8. The van der Waals surface area contributed by atoms with Crippen LogP contribution in [0.25, 0.3) is 5.57 Å². The number of carbonyl (C=O) groups is 3. The van der Waals surface area contributed by atoms with Gasteiger partial charge in [-0.1, -0.05) is 71.4 Å². The highest BCUT2D eigenvalue weighted by atomic mass is 32.2. The van der Waals surface area contributed by atoms with E-state index in [0.29, 0.717) is 41.7 Å². The zero-order valence-corrected chi connectivity index (χ0v) is 34.7. The van der Waals surface area contributed by atoms with E-state index in [1.165, 1.54) is 30.4 Å². The van der Waals surface area contributed by atoms with Crippen molar-refractivity contribution < 1.29 is 27.9 Å². The Morgan fingerprint density at radius 1 is 0.889 bits per heavy atom. The zero-order valence-electron chi connectivity index (χ0n) is 33.8. The molecule has 0 radical (unpaired) electrons. The molecule has 8 nitrogen and oxygen atoms in total. The molecule has 4 fully saturated rings. The zero-order chi connectivity index (χ0) is 39.3. The molecular formula is C45H66N2O6S. The number of rotatable bonds is 8. The van der Waals surface area contributed by atoms with E-state index in [4.69, 9.17) is 0 Å². The van der Waals surface area contributed by atoms with Crippen LogP contribution >= 0.6 is 0 Å². The number of aromatic carboxylic acids is 1. The molecule has 2 amide bonds. The van der Waals surface area contributed by atoms with Gasteiger partial charge < -0.3 is 15.3 Å². The number of sulfone groups is 1. The maximum atomic E-state index is 13.3. The number of hydrogen-bond donors (Lipinski definition) is 2. The van der Waals surface area contributed by atoms with Crippen molar-refractivity contribution in [2.24, 2.45) is 51.2 Å². The van der Waals surface area contributed by atoms with Crippen LogP contribution in [0.5, 0.6) is 0 Å². The molecule has 8 unspecified atom stereocenters. The Bertz CT molecular complexity index is 1750. The van der Waals surface area contributed by atoms with Gasteiger partial charge in [-0.2, -0.15) is 0 Å². The summed E-state index contributed by atoms with van der Waals surface area (Å²) >= 11 is 0. The van der Waals surface area contributed by atoms with Crippen molar-refractivity contribution in [3.05, 3.63) is 53.6 Å². The molecule has 5 aliphatic rings. The standard InChI is InChI=1S/C45H66N2O6S/c1-30(2)34-18-24-45(29-46-39(48)15-16-40(49)47-25-27-54(52,53)28-26-47)23-17-31(3)43(6)22-20-37-42(4,5)35(32-11-13-33(14-12-32)41(50)51)19-21-44(37,7)38(43)10-8-9-36(34)45/h11-14,19,31,34,36-38H,1,8-10,15-18,20-29H2,2-7H3,(H,46,48)(H,50,51). The summed E-state index contributed by atoms with van der Waals surface area (Å²) in [6.07, 6.45) is 14.0. The minimum absolute atomic E-state index is 0.000786. The number of carboxylic acids is 1. The molecule has 1 aliphatic heterocycles. The van der Waals surface area contributed by atoms with Crippen LogP contribution in [0.2, 0.25) is 0 Å². The molecule has 1 aromatic carbocycles. The van der Waals surface area contributed by atoms with E-state index in [9.17, 15) is 27.9 Å². The molecule has 0 bridgehead atoms. The normalized spacial score (nSPS) is 36.1. The number of carboxylic acid groups (broad SMARTS) is 1. The Morgan fingerprint density at radius 3 is 2.20 bits per heavy atom. The van der Waals surface area contributed by atoms with Crippen LogP contribution in [0, 0.1) is 51.2 Å². The quantitative estimate of drug-likeness (QED) is 0.256. The molecule has 1 aromatic rings. The third kappa shape index (κ3) is 7.61. The van der Waals surface area contributed by atoms with Gasteiger partial charge in [-0.25, -0.2) is 13.2 Å². The summed E-state index contributed by atoms with van der Waals surface area (Å²) in [5, 5.41) is 12.8. The maximum absolute atomic E-state index is 13.3. The second-order valence-electron chi connectivity index (χ2n) is 19.2. The third-order valence-electron chi connectivity index (χ3n) is 16.1. The molecule has 9 heteroatoms. The van der Waals surface area contributed by atoms with Gasteiger partial charge in [0.25, 0.3) is 0 Å². The topological polar surface area (TPSA) is 121 Å². The smallest absolute Gasteiger partial charge is 0.335 e. The van der Waals surface area contributed by atoms with E-state index in [0.717, 1.165) is 50.5 Å². The van der Waals surface area contributed by atoms with Crippen molar-refractivity contribution in [3.8, 4) is 0 Å². The molecule has 0 spiro atoms. The van der Waals surface area contributed by atoms with Gasteiger partial charge in [0.2, 0.25) is 11.8 Å². The van der Waals surface area contributed by atoms with Crippen LogP contribution in [-0.2, 0) is 19.4 Å². The number of hydrogen-bond acceptors (Lipinski definition) is 5. The second-order valence-corrected chi connectivity index (χ2v) is 21.5. The highest BCUT2D eigenvalue weighted by molar-refractivity contribution is 7.91. The van der Waals surface area contributed by atoms with E-state index < -0.39 is 15.8 Å². The first kappa shape index (κ1) is 40.7. The molecule has 1 saturated heterocycles. The number of nitrogens with one attached hydrogen (secondary N) is 1. The number of fused-ring (bicyclic) bond motifs is 4. The van der Waals surface area contributed by atoms with E-state index in [-0.39, 0.29) is 70.9 Å². The van der Waals surface area contributed by atoms with Crippen LogP contribution in [-0.4, -0.2) is 67.3 Å². The lowest BCUT2D eigenvalue weighted by Crippen LogP contribution is -2.56. The molecule has 4 aliphatic carbocycles. The average molecular weight is 763 g/mol. The first-order chi connectivity index (χ1) is 25.3. The molecular weight excluding hydrogens is 697 g/mol. The highest BCUT2D eigenvalue weighted by Gasteiger charge is 2.60. The Labute approximate surface area is 324 Å². The van der Waals surface area contributed by atoms with Crippen molar-refractivity contribution in [1.82, 2.24) is 10.2 Å². The van der Waals surface area contributed by atoms with Gasteiger partial charge in [-0.3, -0.25) is 9.59 Å². The van der Waals surface area contributed by atoms with Gasteiger partial charge in [-0.05, 0) is 139 Å². The number of carbonyl (C=O) groups excluding carboxylic acids is 2. The van der Waals surface area contributed by atoms with Crippen LogP contribution < -0.4 is 5.32 Å². The summed E-state index contributed by atoms with van der Waals surface area (Å²) in [7, 11) is -3.07. The summed E-state index contributed by atoms with van der Waals surface area (Å²) < 4.78 is 23.6. The molecule has 54 heavy (non-hydrogen) atoms. The number of nitrogens with zero attached hydrogens (tertiary/aromatic N) is 1. The van der Waals surface area contributed by atoms with Gasteiger partial charge in [0.15, 0.2) is 9.84 Å². The number of allylic oxidation sites excluding steroid dienone is 3. The Balaban J connectivity index is 1.18. The lowest BCUT2D eigenvalue weighted by Gasteiger charge is -2.64. The third-order valence-corrected chi connectivity index (χ3v) is 17.7. The molecule has 1 heterocycles. The SMILES string of the molecule is C=C(C)C1CCC2(CNC(=O)CCC(=O)N3CCS(=O)(=O)CC3)CCC(C)C3(C)CCC4C(C)(C)C(c5ccc(C(=O)O)cc5)=CCC4(C)C3CCCC12. The van der Waals surface area contributed by atoms with Crippen molar-refractivity contribution in [2.75, 3.05) is 31.1 Å². The van der Waals surface area contributed by atoms with Crippen molar-refractivity contribution >= 4 is 33.2 Å². The Morgan fingerprint density at radius 2 is 1.56 bits per heavy atom. The summed E-state index contributed by atoms with van der Waals surface area (Å²) in [5.74, 6) is 1.42. The van der Waals surface area contributed by atoms with E-state index in [2.05, 4.69) is 59.5 Å². The van der Waals surface area contributed by atoms with E-state index in [1.54, 1.807) is 17.0 Å². The van der Waals surface area contributed by atoms with Gasteiger partial charge in [0.1, 0.15) is 0 Å². The minimum Gasteiger partial charge on any atom is -0.478 e.